The zero-order valence-corrected chi connectivity index (χ0v) is 11.8. The zero-order chi connectivity index (χ0) is 13.1. The summed E-state index contributed by atoms with van der Waals surface area (Å²) in [6.45, 7) is 2.07. The number of carbonyl (C=O) groups excluding carboxylic acids is 1. The molecule has 6 heteroatoms. The molecule has 0 aliphatic heterocycles. The molecule has 0 spiro atoms. The Morgan fingerprint density at radius 2 is 2.22 bits per heavy atom. The number of hydrogen-bond acceptors (Lipinski definition) is 4. The third kappa shape index (κ3) is 2.66. The fourth-order valence-electron chi connectivity index (χ4n) is 1.37. The van der Waals surface area contributed by atoms with E-state index < -0.39 is 5.97 Å². The molecule has 0 bridgehead atoms. The molecule has 94 valence electrons. The van der Waals surface area contributed by atoms with E-state index in [4.69, 9.17) is 27.9 Å². The Morgan fingerprint density at radius 3 is 2.94 bits per heavy atom. The van der Waals surface area contributed by atoms with Gasteiger partial charge in [-0.2, -0.15) is 0 Å². The topological polar surface area (TPSA) is 39.2 Å². The van der Waals surface area contributed by atoms with E-state index in [1.807, 2.05) is 6.07 Å². The molecule has 0 amide bonds. The Balaban J connectivity index is 2.35. The molecule has 0 aliphatic carbocycles. The second kappa shape index (κ2) is 5.69. The van der Waals surface area contributed by atoms with Gasteiger partial charge < -0.3 is 4.74 Å². The van der Waals surface area contributed by atoms with E-state index in [-0.39, 0.29) is 5.69 Å². The van der Waals surface area contributed by atoms with Gasteiger partial charge in [0.2, 0.25) is 0 Å². The standard InChI is InChI=1S/C12H9Cl2NO2S/c1-2-17-12(16)9-6-18-11(15-9)7-4-3-5-8(13)10(7)14/h3-6H,2H2,1H3. The predicted molar refractivity (Wildman–Crippen MR) is 73.5 cm³/mol. The lowest BCUT2D eigenvalue weighted by atomic mass is 10.2. The quantitative estimate of drug-likeness (QED) is 0.794. The van der Waals surface area contributed by atoms with Crippen molar-refractivity contribution in [3.05, 3.63) is 39.3 Å². The number of aromatic nitrogens is 1. The van der Waals surface area contributed by atoms with Crippen molar-refractivity contribution in [2.75, 3.05) is 6.61 Å². The van der Waals surface area contributed by atoms with Crippen LogP contribution in [0.25, 0.3) is 10.6 Å². The highest BCUT2D eigenvalue weighted by molar-refractivity contribution is 7.13. The van der Waals surface area contributed by atoms with Crippen LogP contribution in [0, 0.1) is 0 Å². The van der Waals surface area contributed by atoms with Gasteiger partial charge in [-0.3, -0.25) is 0 Å². The second-order valence-electron chi connectivity index (χ2n) is 3.36. The average molecular weight is 302 g/mol. The van der Waals surface area contributed by atoms with Crippen molar-refractivity contribution in [2.24, 2.45) is 0 Å². The van der Waals surface area contributed by atoms with Crippen LogP contribution in [0.1, 0.15) is 17.4 Å². The smallest absolute Gasteiger partial charge is 0.357 e. The summed E-state index contributed by atoms with van der Waals surface area (Å²) in [6, 6.07) is 5.30. The lowest BCUT2D eigenvalue weighted by Gasteiger charge is -2.01. The minimum absolute atomic E-state index is 0.285. The van der Waals surface area contributed by atoms with Crippen molar-refractivity contribution >= 4 is 40.5 Å². The highest BCUT2D eigenvalue weighted by Crippen LogP contribution is 2.34. The van der Waals surface area contributed by atoms with E-state index in [2.05, 4.69) is 4.98 Å². The van der Waals surface area contributed by atoms with E-state index >= 15 is 0 Å². The van der Waals surface area contributed by atoms with Crippen LogP contribution in [0.15, 0.2) is 23.6 Å². The first-order chi connectivity index (χ1) is 8.63. The summed E-state index contributed by atoms with van der Waals surface area (Å²) in [5.41, 5.74) is 0.998. The number of thiazole rings is 1. The molecule has 1 aromatic carbocycles. The zero-order valence-electron chi connectivity index (χ0n) is 9.44. The van der Waals surface area contributed by atoms with Crippen molar-refractivity contribution in [1.82, 2.24) is 4.98 Å². The first-order valence-corrected chi connectivity index (χ1v) is 6.84. The summed E-state index contributed by atoms with van der Waals surface area (Å²) in [5.74, 6) is -0.432. The lowest BCUT2D eigenvalue weighted by molar-refractivity contribution is 0.0520. The van der Waals surface area contributed by atoms with Crippen molar-refractivity contribution in [1.29, 1.82) is 0 Å². The van der Waals surface area contributed by atoms with Crippen molar-refractivity contribution in [3.8, 4) is 10.6 Å². The highest BCUT2D eigenvalue weighted by atomic mass is 35.5. The molecule has 3 nitrogen and oxygen atoms in total. The molecular weight excluding hydrogens is 293 g/mol. The van der Waals surface area contributed by atoms with E-state index in [1.54, 1.807) is 24.4 Å². The van der Waals surface area contributed by atoms with E-state index in [0.29, 0.717) is 27.2 Å². The summed E-state index contributed by atoms with van der Waals surface area (Å²) in [5, 5.41) is 3.18. The van der Waals surface area contributed by atoms with Gasteiger partial charge in [-0.05, 0) is 13.0 Å². The average Bonchev–Trinajstić information content (AvgIpc) is 2.82. The molecule has 0 radical (unpaired) electrons. The lowest BCUT2D eigenvalue weighted by Crippen LogP contribution is -2.04. The molecule has 0 saturated carbocycles. The maximum Gasteiger partial charge on any atom is 0.357 e. The molecule has 0 saturated heterocycles. The SMILES string of the molecule is CCOC(=O)c1csc(-c2cccc(Cl)c2Cl)n1. The van der Waals surface area contributed by atoms with E-state index in [9.17, 15) is 4.79 Å². The molecule has 1 aromatic heterocycles. The minimum atomic E-state index is -0.432. The molecule has 0 unspecified atom stereocenters. The molecule has 0 atom stereocenters. The largest absolute Gasteiger partial charge is 0.461 e. The number of hydrogen-bond donors (Lipinski definition) is 0. The van der Waals surface area contributed by atoms with Crippen LogP contribution in [0.3, 0.4) is 0 Å². The molecule has 0 fully saturated rings. The normalized spacial score (nSPS) is 10.4. The highest BCUT2D eigenvalue weighted by Gasteiger charge is 2.15. The Labute approximate surface area is 118 Å². The van der Waals surface area contributed by atoms with Crippen LogP contribution in [-0.2, 0) is 4.74 Å². The molecule has 1 heterocycles. The number of esters is 1. The van der Waals surface area contributed by atoms with Gasteiger partial charge in [0.1, 0.15) is 5.01 Å². The minimum Gasteiger partial charge on any atom is -0.461 e. The summed E-state index contributed by atoms with van der Waals surface area (Å²) in [4.78, 5) is 15.7. The number of carbonyl (C=O) groups is 1. The fourth-order valence-corrected chi connectivity index (χ4v) is 2.63. The molecule has 0 aliphatic rings. The molecule has 18 heavy (non-hydrogen) atoms. The van der Waals surface area contributed by atoms with Gasteiger partial charge in [-0.15, -0.1) is 11.3 Å². The number of halogens is 2. The summed E-state index contributed by atoms with van der Waals surface area (Å²) >= 11 is 13.4. The fraction of sp³-hybridized carbons (Fsp3) is 0.167. The first kappa shape index (κ1) is 13.3. The van der Waals surface area contributed by atoms with E-state index in [1.165, 1.54) is 11.3 Å². The monoisotopic (exact) mass is 301 g/mol. The van der Waals surface area contributed by atoms with Gasteiger partial charge >= 0.3 is 5.97 Å². The third-order valence-corrected chi connectivity index (χ3v) is 3.87. The van der Waals surface area contributed by atoms with Gasteiger partial charge in [0.05, 0.1) is 16.7 Å². The maximum absolute atomic E-state index is 11.5. The first-order valence-electron chi connectivity index (χ1n) is 5.20. The van der Waals surface area contributed by atoms with Gasteiger partial charge in [0.15, 0.2) is 5.69 Å². The number of nitrogens with zero attached hydrogens (tertiary/aromatic N) is 1. The summed E-state index contributed by atoms with van der Waals surface area (Å²) in [7, 11) is 0. The van der Waals surface area contributed by atoms with Gasteiger partial charge in [0, 0.05) is 10.9 Å². The Bertz CT molecular complexity index is 583. The van der Waals surface area contributed by atoms with Crippen molar-refractivity contribution in [2.45, 2.75) is 6.92 Å². The van der Waals surface area contributed by atoms with Crippen molar-refractivity contribution in [3.63, 3.8) is 0 Å². The van der Waals surface area contributed by atoms with Crippen molar-refractivity contribution < 1.29 is 9.53 Å². The number of benzene rings is 1. The van der Waals surface area contributed by atoms with Gasteiger partial charge in [-0.25, -0.2) is 9.78 Å². The molecule has 0 N–H and O–H groups in total. The Hall–Kier alpha value is -1.10. The molecular formula is C12H9Cl2NO2S. The van der Waals surface area contributed by atoms with Gasteiger partial charge in [-0.1, -0.05) is 35.3 Å². The van der Waals surface area contributed by atoms with E-state index in [0.717, 1.165) is 0 Å². The third-order valence-electron chi connectivity index (χ3n) is 2.17. The predicted octanol–water partition coefficient (Wildman–Crippen LogP) is 4.29. The number of rotatable bonds is 3. The maximum atomic E-state index is 11.5. The molecule has 2 rings (SSSR count). The van der Waals surface area contributed by atoms with Crippen LogP contribution in [-0.4, -0.2) is 17.6 Å². The van der Waals surface area contributed by atoms with Crippen LogP contribution >= 0.6 is 34.5 Å². The van der Waals surface area contributed by atoms with Gasteiger partial charge in [0.25, 0.3) is 0 Å². The summed E-state index contributed by atoms with van der Waals surface area (Å²) in [6.07, 6.45) is 0. The van der Waals surface area contributed by atoms with Crippen LogP contribution in [0.2, 0.25) is 10.0 Å². The Morgan fingerprint density at radius 1 is 1.44 bits per heavy atom. The summed E-state index contributed by atoms with van der Waals surface area (Å²) < 4.78 is 4.88. The van der Waals surface area contributed by atoms with Crippen LogP contribution < -0.4 is 0 Å². The number of ether oxygens (including phenoxy) is 1. The van der Waals surface area contributed by atoms with Crippen LogP contribution in [0.5, 0.6) is 0 Å². The Kier molecular flexibility index (Phi) is 4.22. The van der Waals surface area contributed by atoms with Crippen LogP contribution in [0.4, 0.5) is 0 Å². The second-order valence-corrected chi connectivity index (χ2v) is 5.00. The molecule has 2 aromatic rings.